The first-order valence-corrected chi connectivity index (χ1v) is 6.78. The predicted octanol–water partition coefficient (Wildman–Crippen LogP) is 2.80. The maximum Gasteiger partial charge on any atom is 0.0650 e. The molecule has 2 rings (SSSR count). The molecule has 1 saturated carbocycles. The molecule has 0 radical (unpaired) electrons. The van der Waals surface area contributed by atoms with Gasteiger partial charge in [-0.3, -0.25) is 4.68 Å². The molecule has 96 valence electrons. The van der Waals surface area contributed by atoms with Gasteiger partial charge in [0.05, 0.1) is 11.8 Å². The Morgan fingerprint density at radius 3 is 2.76 bits per heavy atom. The number of aliphatic hydroxyl groups is 1. The van der Waals surface area contributed by atoms with Crippen LogP contribution in [0.2, 0.25) is 0 Å². The van der Waals surface area contributed by atoms with Crippen molar-refractivity contribution in [1.82, 2.24) is 9.78 Å². The second-order valence-electron chi connectivity index (χ2n) is 5.83. The fourth-order valence-corrected chi connectivity index (χ4v) is 2.76. The van der Waals surface area contributed by atoms with Gasteiger partial charge in [0, 0.05) is 18.7 Å². The number of hydrogen-bond acceptors (Lipinski definition) is 2. The lowest BCUT2D eigenvalue weighted by Crippen LogP contribution is -2.21. The molecule has 0 amide bonds. The smallest absolute Gasteiger partial charge is 0.0650 e. The molecular formula is C14H24N2O. The summed E-state index contributed by atoms with van der Waals surface area (Å²) in [5.74, 6) is 1.26. The van der Waals surface area contributed by atoms with E-state index in [2.05, 4.69) is 25.9 Å². The summed E-state index contributed by atoms with van der Waals surface area (Å²) < 4.78 is 1.96. The number of aromatic nitrogens is 2. The van der Waals surface area contributed by atoms with Crippen LogP contribution >= 0.6 is 0 Å². The van der Waals surface area contributed by atoms with Gasteiger partial charge in [0.25, 0.3) is 0 Å². The minimum absolute atomic E-state index is 0.213. The first-order chi connectivity index (χ1) is 8.06. The second kappa shape index (κ2) is 5.21. The summed E-state index contributed by atoms with van der Waals surface area (Å²) in [5, 5.41) is 14.7. The highest BCUT2D eigenvalue weighted by molar-refractivity contribution is 5.02. The molecule has 1 heterocycles. The summed E-state index contributed by atoms with van der Waals surface area (Å²) in [6.07, 6.45) is 6.11. The molecule has 1 aliphatic rings. The quantitative estimate of drug-likeness (QED) is 0.873. The summed E-state index contributed by atoms with van der Waals surface area (Å²) in [7, 11) is 0. The zero-order chi connectivity index (χ0) is 12.4. The van der Waals surface area contributed by atoms with Crippen molar-refractivity contribution in [1.29, 1.82) is 0 Å². The van der Waals surface area contributed by atoms with Crippen molar-refractivity contribution in [2.24, 2.45) is 11.8 Å². The fraction of sp³-hybridized carbons (Fsp3) is 0.786. The van der Waals surface area contributed by atoms with E-state index in [1.165, 1.54) is 19.3 Å². The topological polar surface area (TPSA) is 38.0 Å². The van der Waals surface area contributed by atoms with Gasteiger partial charge in [-0.05, 0) is 44.6 Å². The molecule has 3 atom stereocenters. The van der Waals surface area contributed by atoms with Gasteiger partial charge >= 0.3 is 0 Å². The third-order valence-electron chi connectivity index (χ3n) is 3.89. The minimum atomic E-state index is -0.213. The molecule has 1 aromatic rings. The Morgan fingerprint density at radius 1 is 1.47 bits per heavy atom. The summed E-state index contributed by atoms with van der Waals surface area (Å²) >= 11 is 0. The van der Waals surface area contributed by atoms with E-state index in [1.807, 2.05) is 16.9 Å². The Hall–Kier alpha value is -0.830. The van der Waals surface area contributed by atoms with Gasteiger partial charge in [-0.25, -0.2) is 0 Å². The lowest BCUT2D eigenvalue weighted by molar-refractivity contribution is 0.108. The SMILES string of the molecule is CC1CCC(C(O)Cc2ccn(C(C)C)n2)C1. The van der Waals surface area contributed by atoms with E-state index in [-0.39, 0.29) is 6.10 Å². The molecule has 0 aromatic carbocycles. The highest BCUT2D eigenvalue weighted by Gasteiger charge is 2.27. The molecule has 17 heavy (non-hydrogen) atoms. The normalized spacial score (nSPS) is 26.6. The number of nitrogens with zero attached hydrogens (tertiary/aromatic N) is 2. The molecule has 0 spiro atoms. The van der Waals surface area contributed by atoms with Gasteiger partial charge in [0.15, 0.2) is 0 Å². The van der Waals surface area contributed by atoms with Crippen LogP contribution in [0.25, 0.3) is 0 Å². The van der Waals surface area contributed by atoms with Crippen molar-refractivity contribution in [3.05, 3.63) is 18.0 Å². The van der Waals surface area contributed by atoms with Crippen molar-refractivity contribution in [3.63, 3.8) is 0 Å². The van der Waals surface area contributed by atoms with Crippen LogP contribution in [0, 0.1) is 11.8 Å². The lowest BCUT2D eigenvalue weighted by Gasteiger charge is -2.16. The summed E-state index contributed by atoms with van der Waals surface area (Å²) in [4.78, 5) is 0. The molecule has 1 fully saturated rings. The molecule has 3 nitrogen and oxygen atoms in total. The van der Waals surface area contributed by atoms with E-state index in [4.69, 9.17) is 0 Å². The van der Waals surface area contributed by atoms with E-state index in [1.54, 1.807) is 0 Å². The molecular weight excluding hydrogens is 212 g/mol. The van der Waals surface area contributed by atoms with Gasteiger partial charge in [0.2, 0.25) is 0 Å². The van der Waals surface area contributed by atoms with Crippen LogP contribution in [0.4, 0.5) is 0 Å². The molecule has 1 N–H and O–H groups in total. The van der Waals surface area contributed by atoms with Crippen molar-refractivity contribution in [3.8, 4) is 0 Å². The summed E-state index contributed by atoms with van der Waals surface area (Å²) in [5.41, 5.74) is 1.02. The van der Waals surface area contributed by atoms with Gasteiger partial charge < -0.3 is 5.11 Å². The van der Waals surface area contributed by atoms with Crippen LogP contribution in [-0.2, 0) is 6.42 Å². The lowest BCUT2D eigenvalue weighted by atomic mass is 9.96. The van der Waals surface area contributed by atoms with Gasteiger partial charge in [0.1, 0.15) is 0 Å². The molecule has 3 heteroatoms. The number of aliphatic hydroxyl groups excluding tert-OH is 1. The Morgan fingerprint density at radius 2 is 2.24 bits per heavy atom. The highest BCUT2D eigenvalue weighted by Crippen LogP contribution is 2.33. The van der Waals surface area contributed by atoms with Crippen LogP contribution in [-0.4, -0.2) is 21.0 Å². The fourth-order valence-electron chi connectivity index (χ4n) is 2.76. The van der Waals surface area contributed by atoms with Crippen LogP contribution < -0.4 is 0 Å². The average Bonchev–Trinajstić information content (AvgIpc) is 2.86. The predicted molar refractivity (Wildman–Crippen MR) is 68.8 cm³/mol. The van der Waals surface area contributed by atoms with Gasteiger partial charge in [-0.15, -0.1) is 0 Å². The first kappa shape index (κ1) is 12.6. The van der Waals surface area contributed by atoms with Crippen molar-refractivity contribution in [2.45, 2.75) is 58.6 Å². The monoisotopic (exact) mass is 236 g/mol. The average molecular weight is 236 g/mol. The zero-order valence-electron chi connectivity index (χ0n) is 11.1. The number of rotatable bonds is 4. The van der Waals surface area contributed by atoms with Crippen molar-refractivity contribution >= 4 is 0 Å². The van der Waals surface area contributed by atoms with Crippen LogP contribution in [0.5, 0.6) is 0 Å². The van der Waals surface area contributed by atoms with Crippen molar-refractivity contribution in [2.75, 3.05) is 0 Å². The minimum Gasteiger partial charge on any atom is -0.392 e. The molecule has 1 aromatic heterocycles. The van der Waals surface area contributed by atoms with E-state index >= 15 is 0 Å². The highest BCUT2D eigenvalue weighted by atomic mass is 16.3. The Bertz CT molecular complexity index is 359. The Labute approximate surface area is 104 Å². The van der Waals surface area contributed by atoms with Gasteiger partial charge in [-0.2, -0.15) is 5.10 Å². The largest absolute Gasteiger partial charge is 0.392 e. The van der Waals surface area contributed by atoms with Crippen LogP contribution in [0.1, 0.15) is 51.8 Å². The van der Waals surface area contributed by atoms with Crippen LogP contribution in [0.3, 0.4) is 0 Å². The standard InChI is InChI=1S/C14H24N2O/c1-10(2)16-7-6-13(15-16)9-14(17)12-5-4-11(3)8-12/h6-7,10-12,14,17H,4-5,8-9H2,1-3H3. The maximum absolute atomic E-state index is 10.2. The van der Waals surface area contributed by atoms with Crippen LogP contribution in [0.15, 0.2) is 12.3 Å². The summed E-state index contributed by atoms with van der Waals surface area (Å²) in [6.45, 7) is 6.51. The molecule has 3 unspecified atom stereocenters. The second-order valence-corrected chi connectivity index (χ2v) is 5.83. The molecule has 0 aliphatic heterocycles. The first-order valence-electron chi connectivity index (χ1n) is 6.78. The van der Waals surface area contributed by atoms with E-state index in [0.29, 0.717) is 18.4 Å². The zero-order valence-corrected chi connectivity index (χ0v) is 11.1. The van der Waals surface area contributed by atoms with E-state index in [0.717, 1.165) is 11.6 Å². The third-order valence-corrected chi connectivity index (χ3v) is 3.89. The van der Waals surface area contributed by atoms with Gasteiger partial charge in [-0.1, -0.05) is 13.3 Å². The molecule has 0 bridgehead atoms. The van der Waals surface area contributed by atoms with Crippen molar-refractivity contribution < 1.29 is 5.11 Å². The Kier molecular flexibility index (Phi) is 3.87. The maximum atomic E-state index is 10.2. The molecule has 0 saturated heterocycles. The number of hydrogen-bond donors (Lipinski definition) is 1. The summed E-state index contributed by atoms with van der Waals surface area (Å²) in [6, 6.07) is 2.43. The third kappa shape index (κ3) is 3.09. The Balaban J connectivity index is 1.91. The molecule has 1 aliphatic carbocycles. The van der Waals surface area contributed by atoms with E-state index in [9.17, 15) is 5.11 Å². The van der Waals surface area contributed by atoms with E-state index < -0.39 is 0 Å².